The van der Waals surface area contributed by atoms with Gasteiger partial charge in [-0.05, 0) is 93.2 Å². The Hall–Kier alpha value is -2.54. The maximum absolute atomic E-state index is 2.57. The smallest absolute Gasteiger partial charge is 0.0397 e. The number of hydrogen-bond acceptors (Lipinski definition) is 0. The van der Waals surface area contributed by atoms with Crippen LogP contribution in [-0.2, 0) is 26.2 Å². The minimum Gasteiger partial charge on any atom is -0.0651 e. The normalized spacial score (nSPS) is 17.6. The van der Waals surface area contributed by atoms with Gasteiger partial charge < -0.3 is 0 Å². The SMILES string of the molecule is CCCC1=Cc2c(-c3ccc(C(C)CC)cc3)cccc2C1C[Si]CC1C(CCC)=Cc2c(-c3ccc(C(C)CC)cc3)cccc21.[Zr]. The average Bonchev–Trinajstić information content (AvgIpc) is 3.65. The molecule has 2 aliphatic rings. The van der Waals surface area contributed by atoms with E-state index in [2.05, 4.69) is 139 Å². The molecule has 0 fully saturated rings. The van der Waals surface area contributed by atoms with E-state index in [0.29, 0.717) is 23.7 Å². The summed E-state index contributed by atoms with van der Waals surface area (Å²) in [7, 11) is 0.940. The second-order valence-electron chi connectivity index (χ2n) is 14.2. The van der Waals surface area contributed by atoms with Gasteiger partial charge in [0.25, 0.3) is 0 Å². The van der Waals surface area contributed by atoms with Crippen LogP contribution in [0.15, 0.2) is 96.1 Å². The number of allylic oxidation sites excluding steroid dienone is 2. The molecule has 4 unspecified atom stereocenters. The van der Waals surface area contributed by atoms with E-state index < -0.39 is 0 Å². The Morgan fingerprint density at radius 2 is 0.938 bits per heavy atom. The standard InChI is InChI=1S/C46H54Si.Zr/c1-7-13-37-27-43-39(35-23-19-33(20-24-35)31(5)9-3)15-11-17-41(43)45(37)29-47-30-46-38(14-8-2)28-44-40(16-12-18-42(44)46)36-25-21-34(22-26-36)32(6)10-4;/h11-12,15-28,31-32,45-46H,7-10,13-14,29-30H2,1-6H3;. The molecular formula is C46H54SiZr. The maximum Gasteiger partial charge on any atom is 0.0397 e. The van der Waals surface area contributed by atoms with Gasteiger partial charge in [-0.3, -0.25) is 0 Å². The third-order valence-corrected chi connectivity index (χ3v) is 12.6. The zero-order chi connectivity index (χ0) is 32.9. The van der Waals surface area contributed by atoms with Crippen LogP contribution in [-0.4, -0.2) is 9.52 Å². The minimum absolute atomic E-state index is 0. The van der Waals surface area contributed by atoms with Crippen LogP contribution in [0.25, 0.3) is 34.4 Å². The summed E-state index contributed by atoms with van der Waals surface area (Å²) in [4.78, 5) is 0. The van der Waals surface area contributed by atoms with E-state index in [9.17, 15) is 0 Å². The van der Waals surface area contributed by atoms with Crippen molar-refractivity contribution in [3.8, 4) is 22.3 Å². The molecule has 0 spiro atoms. The van der Waals surface area contributed by atoms with E-state index in [1.54, 1.807) is 22.3 Å². The molecule has 2 radical (unpaired) electrons. The Labute approximate surface area is 313 Å². The zero-order valence-corrected chi connectivity index (χ0v) is 33.7. The fourth-order valence-corrected chi connectivity index (χ4v) is 9.66. The molecule has 0 saturated heterocycles. The summed E-state index contributed by atoms with van der Waals surface area (Å²) >= 11 is 0. The van der Waals surface area contributed by atoms with Crippen molar-refractivity contribution in [3.05, 3.63) is 129 Å². The van der Waals surface area contributed by atoms with Crippen molar-refractivity contribution in [2.24, 2.45) is 0 Å². The monoisotopic (exact) mass is 724 g/mol. The summed E-state index contributed by atoms with van der Waals surface area (Å²) in [5.74, 6) is 2.33. The molecule has 48 heavy (non-hydrogen) atoms. The predicted molar refractivity (Wildman–Crippen MR) is 208 cm³/mol. The third-order valence-electron chi connectivity index (χ3n) is 11.2. The molecule has 0 bridgehead atoms. The van der Waals surface area contributed by atoms with Crippen molar-refractivity contribution in [1.82, 2.24) is 0 Å². The van der Waals surface area contributed by atoms with Crippen LogP contribution in [0, 0.1) is 0 Å². The Balaban J connectivity index is 0.00000451. The first kappa shape index (κ1) is 36.7. The van der Waals surface area contributed by atoms with E-state index in [1.165, 1.54) is 95.1 Å². The Bertz CT molecular complexity index is 1600. The first-order valence-corrected chi connectivity index (χ1v) is 20.0. The van der Waals surface area contributed by atoms with E-state index in [0.717, 1.165) is 9.52 Å². The van der Waals surface area contributed by atoms with Crippen LogP contribution in [0.1, 0.15) is 137 Å². The first-order chi connectivity index (χ1) is 23.0. The van der Waals surface area contributed by atoms with Crippen molar-refractivity contribution >= 4 is 21.7 Å². The summed E-state index contributed by atoms with van der Waals surface area (Å²) in [6, 6.07) is 35.5. The second kappa shape index (κ2) is 16.9. The fourth-order valence-electron chi connectivity index (χ4n) is 7.95. The van der Waals surface area contributed by atoms with Gasteiger partial charge in [0.1, 0.15) is 0 Å². The average molecular weight is 726 g/mol. The van der Waals surface area contributed by atoms with Crippen LogP contribution < -0.4 is 0 Å². The van der Waals surface area contributed by atoms with Gasteiger partial charge >= 0.3 is 0 Å². The molecule has 4 aromatic rings. The second-order valence-corrected chi connectivity index (χ2v) is 15.5. The molecule has 0 nitrogen and oxygen atoms in total. The minimum atomic E-state index is 0. The van der Waals surface area contributed by atoms with Gasteiger partial charge in [-0.25, -0.2) is 0 Å². The van der Waals surface area contributed by atoms with Gasteiger partial charge in [0.2, 0.25) is 0 Å². The predicted octanol–water partition coefficient (Wildman–Crippen LogP) is 13.8. The zero-order valence-electron chi connectivity index (χ0n) is 30.2. The van der Waals surface area contributed by atoms with Crippen molar-refractivity contribution in [3.63, 3.8) is 0 Å². The van der Waals surface area contributed by atoms with Gasteiger partial charge in [0.15, 0.2) is 0 Å². The van der Waals surface area contributed by atoms with E-state index in [4.69, 9.17) is 0 Å². The summed E-state index contributed by atoms with van der Waals surface area (Å²) < 4.78 is 0. The van der Waals surface area contributed by atoms with Crippen molar-refractivity contribution < 1.29 is 26.2 Å². The number of hydrogen-bond donors (Lipinski definition) is 0. The Morgan fingerprint density at radius 3 is 1.29 bits per heavy atom. The van der Waals surface area contributed by atoms with Gasteiger partial charge in [-0.1, -0.05) is 175 Å². The van der Waals surface area contributed by atoms with E-state index >= 15 is 0 Å². The molecule has 0 amide bonds. The molecule has 6 rings (SSSR count). The maximum atomic E-state index is 2.57. The van der Waals surface area contributed by atoms with Crippen LogP contribution in [0.5, 0.6) is 0 Å². The molecule has 0 N–H and O–H groups in total. The third kappa shape index (κ3) is 7.61. The summed E-state index contributed by atoms with van der Waals surface area (Å²) in [5, 5.41) is 0. The quantitative estimate of drug-likeness (QED) is 0.114. The van der Waals surface area contributed by atoms with E-state index in [-0.39, 0.29) is 26.2 Å². The molecular weight excluding hydrogens is 672 g/mol. The molecule has 0 aromatic heterocycles. The molecule has 2 aliphatic carbocycles. The molecule has 2 heteroatoms. The summed E-state index contributed by atoms with van der Waals surface area (Å²) in [6.45, 7) is 13.9. The van der Waals surface area contributed by atoms with Gasteiger partial charge in [0, 0.05) is 47.6 Å². The van der Waals surface area contributed by atoms with Crippen LogP contribution >= 0.6 is 0 Å². The topological polar surface area (TPSA) is 0 Å². The van der Waals surface area contributed by atoms with Crippen molar-refractivity contribution in [2.45, 2.75) is 116 Å². The summed E-state index contributed by atoms with van der Waals surface area (Å²) in [5.41, 5.74) is 17.8. The fraction of sp³-hybridized carbons (Fsp3) is 0.391. The molecule has 0 heterocycles. The summed E-state index contributed by atoms with van der Waals surface area (Å²) in [6.07, 6.45) is 12.3. The van der Waals surface area contributed by atoms with Crippen LogP contribution in [0.2, 0.25) is 12.1 Å². The van der Waals surface area contributed by atoms with Gasteiger partial charge in [-0.2, -0.15) is 0 Å². The van der Waals surface area contributed by atoms with Gasteiger partial charge in [-0.15, -0.1) is 0 Å². The molecule has 0 aliphatic heterocycles. The van der Waals surface area contributed by atoms with Crippen molar-refractivity contribution in [2.75, 3.05) is 0 Å². The molecule has 4 atom stereocenters. The largest absolute Gasteiger partial charge is 0.0651 e. The molecule has 0 saturated carbocycles. The van der Waals surface area contributed by atoms with E-state index in [1.807, 2.05) is 0 Å². The molecule has 246 valence electrons. The first-order valence-electron chi connectivity index (χ1n) is 18.5. The molecule has 4 aromatic carbocycles. The number of rotatable bonds is 14. The number of benzene rings is 4. The Kier molecular flexibility index (Phi) is 12.9. The van der Waals surface area contributed by atoms with Crippen LogP contribution in [0.4, 0.5) is 0 Å². The Morgan fingerprint density at radius 1 is 0.542 bits per heavy atom. The van der Waals surface area contributed by atoms with Gasteiger partial charge in [0.05, 0.1) is 0 Å². The number of fused-ring (bicyclic) bond motifs is 2. The van der Waals surface area contributed by atoms with Crippen LogP contribution in [0.3, 0.4) is 0 Å². The van der Waals surface area contributed by atoms with Crippen molar-refractivity contribution in [1.29, 1.82) is 0 Å².